The number of nitrogens with one attached hydrogen (secondary N) is 1. The van der Waals surface area contributed by atoms with Crippen molar-refractivity contribution < 1.29 is 18.8 Å². The molecule has 0 bridgehead atoms. The van der Waals surface area contributed by atoms with Gasteiger partial charge in [-0.25, -0.2) is 0 Å². The van der Waals surface area contributed by atoms with E-state index >= 15 is 0 Å². The number of amides is 3. The molecule has 1 atom stereocenters. The normalized spacial score (nSPS) is 17.4. The average Bonchev–Trinajstić information content (AvgIpc) is 3.15. The van der Waals surface area contributed by atoms with E-state index in [-0.39, 0.29) is 30.7 Å². The van der Waals surface area contributed by atoms with E-state index in [1.807, 2.05) is 13.8 Å². The Bertz CT molecular complexity index is 556. The summed E-state index contributed by atoms with van der Waals surface area (Å²) < 4.78 is 5.25. The van der Waals surface area contributed by atoms with Gasteiger partial charge in [0, 0.05) is 26.1 Å². The van der Waals surface area contributed by atoms with Crippen molar-refractivity contribution in [2.75, 3.05) is 26.2 Å². The first kappa shape index (κ1) is 17.1. The van der Waals surface area contributed by atoms with E-state index in [9.17, 15) is 14.4 Å². The molecule has 1 fully saturated rings. The summed E-state index contributed by atoms with van der Waals surface area (Å²) in [6, 6.07) is 3.57. The predicted molar refractivity (Wildman–Crippen MR) is 83.2 cm³/mol. The van der Waals surface area contributed by atoms with Gasteiger partial charge in [0.2, 0.25) is 17.7 Å². The Morgan fingerprint density at radius 3 is 2.83 bits per heavy atom. The fraction of sp³-hybridized carbons (Fsp3) is 0.562. The summed E-state index contributed by atoms with van der Waals surface area (Å²) in [4.78, 5) is 39.4. The lowest BCUT2D eigenvalue weighted by Crippen LogP contribution is -2.43. The topological polar surface area (TPSA) is 82.9 Å². The van der Waals surface area contributed by atoms with Crippen LogP contribution in [0.3, 0.4) is 0 Å². The zero-order valence-corrected chi connectivity index (χ0v) is 13.6. The van der Waals surface area contributed by atoms with Gasteiger partial charge >= 0.3 is 0 Å². The summed E-state index contributed by atoms with van der Waals surface area (Å²) in [6.45, 7) is 5.41. The van der Waals surface area contributed by atoms with E-state index in [1.54, 1.807) is 23.3 Å². The summed E-state index contributed by atoms with van der Waals surface area (Å²) in [6.07, 6.45) is 1.75. The van der Waals surface area contributed by atoms with E-state index in [2.05, 4.69) is 5.32 Å². The SMILES string of the molecule is CCNC(=O)CN(CC)C(=O)C1CC(=O)N(Cc2ccco2)C1. The zero-order valence-electron chi connectivity index (χ0n) is 13.6. The van der Waals surface area contributed by atoms with Crippen LogP contribution in [0.25, 0.3) is 0 Å². The van der Waals surface area contributed by atoms with Crippen LogP contribution in [0.2, 0.25) is 0 Å². The minimum Gasteiger partial charge on any atom is -0.467 e. The van der Waals surface area contributed by atoms with E-state index in [4.69, 9.17) is 4.42 Å². The van der Waals surface area contributed by atoms with Crippen LogP contribution in [0.15, 0.2) is 22.8 Å². The molecular formula is C16H23N3O4. The Labute approximate surface area is 135 Å². The lowest BCUT2D eigenvalue weighted by Gasteiger charge is -2.23. The van der Waals surface area contributed by atoms with Crippen molar-refractivity contribution >= 4 is 17.7 Å². The van der Waals surface area contributed by atoms with Crippen LogP contribution < -0.4 is 5.32 Å². The molecule has 1 aliphatic rings. The second-order valence-corrected chi connectivity index (χ2v) is 5.56. The molecule has 1 aliphatic heterocycles. The smallest absolute Gasteiger partial charge is 0.239 e. The molecule has 0 aliphatic carbocycles. The van der Waals surface area contributed by atoms with Crippen molar-refractivity contribution in [3.63, 3.8) is 0 Å². The fourth-order valence-corrected chi connectivity index (χ4v) is 2.71. The Hall–Kier alpha value is -2.31. The zero-order chi connectivity index (χ0) is 16.8. The minimum absolute atomic E-state index is 0.0338. The molecule has 1 unspecified atom stereocenters. The monoisotopic (exact) mass is 321 g/mol. The van der Waals surface area contributed by atoms with Gasteiger partial charge in [-0.2, -0.15) is 0 Å². The van der Waals surface area contributed by atoms with Gasteiger partial charge in [0.05, 0.1) is 25.3 Å². The van der Waals surface area contributed by atoms with Gasteiger partial charge in [-0.1, -0.05) is 0 Å². The number of carbonyl (C=O) groups excluding carboxylic acids is 3. The van der Waals surface area contributed by atoms with Crippen molar-refractivity contribution in [2.24, 2.45) is 5.92 Å². The maximum Gasteiger partial charge on any atom is 0.239 e. The Balaban J connectivity index is 1.94. The van der Waals surface area contributed by atoms with Crippen LogP contribution in [0.1, 0.15) is 26.0 Å². The third-order valence-corrected chi connectivity index (χ3v) is 3.89. The van der Waals surface area contributed by atoms with Crippen LogP contribution in [-0.2, 0) is 20.9 Å². The summed E-state index contributed by atoms with van der Waals surface area (Å²) in [5, 5.41) is 2.68. The number of hydrogen-bond acceptors (Lipinski definition) is 4. The molecule has 0 spiro atoms. The van der Waals surface area contributed by atoms with E-state index < -0.39 is 5.92 Å². The van der Waals surface area contributed by atoms with Crippen molar-refractivity contribution in [3.05, 3.63) is 24.2 Å². The number of furan rings is 1. The molecule has 1 aromatic heterocycles. The van der Waals surface area contributed by atoms with Crippen molar-refractivity contribution in [1.82, 2.24) is 15.1 Å². The summed E-state index contributed by atoms with van der Waals surface area (Å²) in [5.74, 6) is -0.0877. The summed E-state index contributed by atoms with van der Waals surface area (Å²) >= 11 is 0. The van der Waals surface area contributed by atoms with Crippen LogP contribution in [0, 0.1) is 5.92 Å². The largest absolute Gasteiger partial charge is 0.467 e. The summed E-state index contributed by atoms with van der Waals surface area (Å²) in [7, 11) is 0. The molecule has 0 aromatic carbocycles. The van der Waals surface area contributed by atoms with Gasteiger partial charge < -0.3 is 19.5 Å². The third-order valence-electron chi connectivity index (χ3n) is 3.89. The van der Waals surface area contributed by atoms with Gasteiger partial charge in [0.15, 0.2) is 0 Å². The molecule has 7 heteroatoms. The maximum absolute atomic E-state index is 12.6. The van der Waals surface area contributed by atoms with Gasteiger partial charge in [-0.15, -0.1) is 0 Å². The molecule has 1 aromatic rings. The van der Waals surface area contributed by atoms with Crippen LogP contribution >= 0.6 is 0 Å². The molecule has 0 saturated carbocycles. The predicted octanol–water partition coefficient (Wildman–Crippen LogP) is 0.613. The van der Waals surface area contributed by atoms with E-state index in [0.717, 1.165) is 0 Å². The number of rotatable bonds is 7. The highest BCUT2D eigenvalue weighted by atomic mass is 16.3. The lowest BCUT2D eigenvalue weighted by atomic mass is 10.1. The first-order valence-corrected chi connectivity index (χ1v) is 7.90. The molecule has 1 saturated heterocycles. The molecule has 0 radical (unpaired) electrons. The average molecular weight is 321 g/mol. The molecule has 23 heavy (non-hydrogen) atoms. The first-order valence-electron chi connectivity index (χ1n) is 7.90. The lowest BCUT2D eigenvalue weighted by molar-refractivity contribution is -0.139. The second-order valence-electron chi connectivity index (χ2n) is 5.56. The molecular weight excluding hydrogens is 298 g/mol. The molecule has 2 rings (SSSR count). The highest BCUT2D eigenvalue weighted by Crippen LogP contribution is 2.22. The highest BCUT2D eigenvalue weighted by Gasteiger charge is 2.36. The minimum atomic E-state index is -0.396. The second kappa shape index (κ2) is 7.80. The van der Waals surface area contributed by atoms with Gasteiger partial charge in [0.25, 0.3) is 0 Å². The van der Waals surface area contributed by atoms with Crippen LogP contribution in [0.5, 0.6) is 0 Å². The number of likely N-dealkylation sites (N-methyl/N-ethyl adjacent to an activating group) is 2. The van der Waals surface area contributed by atoms with Gasteiger partial charge in [-0.3, -0.25) is 14.4 Å². The summed E-state index contributed by atoms with van der Waals surface area (Å²) in [5.41, 5.74) is 0. The Morgan fingerprint density at radius 1 is 1.43 bits per heavy atom. The number of hydrogen-bond donors (Lipinski definition) is 1. The first-order chi connectivity index (χ1) is 11.0. The molecule has 3 amide bonds. The Kier molecular flexibility index (Phi) is 5.78. The molecule has 126 valence electrons. The van der Waals surface area contributed by atoms with Gasteiger partial charge in [-0.05, 0) is 26.0 Å². The number of nitrogens with zero attached hydrogens (tertiary/aromatic N) is 2. The number of likely N-dealkylation sites (tertiary alicyclic amines) is 1. The number of carbonyl (C=O) groups is 3. The quantitative estimate of drug-likeness (QED) is 0.798. The molecule has 2 heterocycles. The van der Waals surface area contributed by atoms with Crippen LogP contribution in [0.4, 0.5) is 0 Å². The van der Waals surface area contributed by atoms with Gasteiger partial charge in [0.1, 0.15) is 5.76 Å². The third kappa shape index (κ3) is 4.34. The Morgan fingerprint density at radius 2 is 2.22 bits per heavy atom. The molecule has 1 N–H and O–H groups in total. The van der Waals surface area contributed by atoms with E-state index in [0.29, 0.717) is 31.9 Å². The maximum atomic E-state index is 12.6. The highest BCUT2D eigenvalue weighted by molar-refractivity contribution is 5.91. The van der Waals surface area contributed by atoms with E-state index in [1.165, 1.54) is 4.90 Å². The van der Waals surface area contributed by atoms with Crippen molar-refractivity contribution in [1.29, 1.82) is 0 Å². The molecule has 7 nitrogen and oxygen atoms in total. The van der Waals surface area contributed by atoms with Crippen molar-refractivity contribution in [3.8, 4) is 0 Å². The van der Waals surface area contributed by atoms with Crippen LogP contribution in [-0.4, -0.2) is 53.7 Å². The van der Waals surface area contributed by atoms with Crippen molar-refractivity contribution in [2.45, 2.75) is 26.8 Å². The fourth-order valence-electron chi connectivity index (χ4n) is 2.71. The standard InChI is InChI=1S/C16H23N3O4/c1-3-17-14(20)11-18(4-2)16(22)12-8-15(21)19(9-12)10-13-6-5-7-23-13/h5-7,12H,3-4,8-11H2,1-2H3,(H,17,20).